The van der Waals surface area contributed by atoms with Crippen LogP contribution in [0.5, 0.6) is 0 Å². The first-order chi connectivity index (χ1) is 9.95. The summed E-state index contributed by atoms with van der Waals surface area (Å²) in [6, 6.07) is 6.19. The highest BCUT2D eigenvalue weighted by molar-refractivity contribution is 7.11. The molecule has 110 valence electrons. The van der Waals surface area contributed by atoms with Crippen LogP contribution in [-0.2, 0) is 6.42 Å². The average Bonchev–Trinajstić information content (AvgIpc) is 2.92. The predicted octanol–water partition coefficient (Wildman–Crippen LogP) is 4.07. The van der Waals surface area contributed by atoms with Crippen molar-refractivity contribution in [3.63, 3.8) is 0 Å². The van der Waals surface area contributed by atoms with Crippen LogP contribution in [0, 0.1) is 18.6 Å². The number of aromatic nitrogens is 2. The lowest BCUT2D eigenvalue weighted by molar-refractivity contribution is 0.565. The SMILES string of the molecule is Cc1ccc(CC(C)n2c(N)nc3c(F)cc(F)cc32)s1. The number of nitrogens with zero attached hydrogens (tertiary/aromatic N) is 2. The van der Waals surface area contributed by atoms with E-state index in [-0.39, 0.29) is 17.5 Å². The lowest BCUT2D eigenvalue weighted by Crippen LogP contribution is -2.11. The molecule has 0 spiro atoms. The fraction of sp³-hybridized carbons (Fsp3) is 0.267. The molecule has 0 saturated carbocycles. The van der Waals surface area contributed by atoms with Gasteiger partial charge in [0.05, 0.1) is 5.52 Å². The summed E-state index contributed by atoms with van der Waals surface area (Å²) in [7, 11) is 0. The van der Waals surface area contributed by atoms with Crippen molar-refractivity contribution in [2.75, 3.05) is 5.73 Å². The molecule has 0 amide bonds. The summed E-state index contributed by atoms with van der Waals surface area (Å²) in [6.07, 6.45) is 0.742. The van der Waals surface area contributed by atoms with Gasteiger partial charge in [-0.2, -0.15) is 0 Å². The second-order valence-corrected chi connectivity index (χ2v) is 6.53. The second-order valence-electron chi connectivity index (χ2n) is 5.16. The predicted molar refractivity (Wildman–Crippen MR) is 81.5 cm³/mol. The van der Waals surface area contributed by atoms with E-state index in [1.54, 1.807) is 15.9 Å². The van der Waals surface area contributed by atoms with Gasteiger partial charge in [-0.3, -0.25) is 0 Å². The quantitative estimate of drug-likeness (QED) is 0.792. The Hall–Kier alpha value is -1.95. The smallest absolute Gasteiger partial charge is 0.201 e. The van der Waals surface area contributed by atoms with Gasteiger partial charge < -0.3 is 10.3 Å². The van der Waals surface area contributed by atoms with Gasteiger partial charge in [0.15, 0.2) is 5.82 Å². The van der Waals surface area contributed by atoms with Crippen LogP contribution in [0.3, 0.4) is 0 Å². The number of benzene rings is 1. The zero-order valence-corrected chi connectivity index (χ0v) is 12.5. The molecule has 21 heavy (non-hydrogen) atoms. The van der Waals surface area contributed by atoms with E-state index in [1.807, 2.05) is 13.8 Å². The van der Waals surface area contributed by atoms with Gasteiger partial charge in [0.25, 0.3) is 0 Å². The highest BCUT2D eigenvalue weighted by Gasteiger charge is 2.18. The molecule has 0 aliphatic heterocycles. The topological polar surface area (TPSA) is 43.8 Å². The molecule has 2 aromatic heterocycles. The number of aryl methyl sites for hydroxylation is 1. The van der Waals surface area contributed by atoms with E-state index in [2.05, 4.69) is 17.1 Å². The molecule has 3 rings (SSSR count). The molecule has 0 radical (unpaired) electrons. The van der Waals surface area contributed by atoms with Gasteiger partial charge in [0.2, 0.25) is 5.95 Å². The van der Waals surface area contributed by atoms with E-state index >= 15 is 0 Å². The first kappa shape index (κ1) is 14.0. The van der Waals surface area contributed by atoms with Crippen LogP contribution >= 0.6 is 11.3 Å². The minimum atomic E-state index is -0.686. The summed E-state index contributed by atoms with van der Waals surface area (Å²) in [5.41, 5.74) is 6.41. The molecule has 1 aromatic carbocycles. The fourth-order valence-corrected chi connectivity index (χ4v) is 3.59. The summed E-state index contributed by atoms with van der Waals surface area (Å²) in [5, 5.41) is 0. The van der Waals surface area contributed by atoms with Crippen LogP contribution in [0.25, 0.3) is 11.0 Å². The molecule has 3 aromatic rings. The molecule has 3 nitrogen and oxygen atoms in total. The number of hydrogen-bond donors (Lipinski definition) is 1. The third-order valence-electron chi connectivity index (χ3n) is 3.47. The van der Waals surface area contributed by atoms with E-state index in [4.69, 9.17) is 5.73 Å². The highest BCUT2D eigenvalue weighted by Crippen LogP contribution is 2.29. The zero-order valence-electron chi connectivity index (χ0n) is 11.7. The van der Waals surface area contributed by atoms with Gasteiger partial charge in [0.1, 0.15) is 11.3 Å². The van der Waals surface area contributed by atoms with Crippen molar-refractivity contribution in [2.24, 2.45) is 0 Å². The van der Waals surface area contributed by atoms with Gasteiger partial charge in [0, 0.05) is 34.3 Å². The number of fused-ring (bicyclic) bond motifs is 1. The maximum absolute atomic E-state index is 13.8. The van der Waals surface area contributed by atoms with Gasteiger partial charge in [-0.1, -0.05) is 0 Å². The van der Waals surface area contributed by atoms with Crippen LogP contribution in [0.4, 0.5) is 14.7 Å². The van der Waals surface area contributed by atoms with Crippen LogP contribution in [-0.4, -0.2) is 9.55 Å². The molecule has 0 aliphatic carbocycles. The van der Waals surface area contributed by atoms with Crippen LogP contribution in [0.2, 0.25) is 0 Å². The first-order valence-corrected chi connectivity index (χ1v) is 7.45. The normalized spacial score (nSPS) is 13.0. The average molecular weight is 307 g/mol. The van der Waals surface area contributed by atoms with Gasteiger partial charge in [-0.05, 0) is 26.0 Å². The van der Waals surface area contributed by atoms with Gasteiger partial charge in [-0.15, -0.1) is 11.3 Å². The molecule has 0 bridgehead atoms. The molecule has 0 saturated heterocycles. The number of rotatable bonds is 3. The number of anilines is 1. The van der Waals surface area contributed by atoms with E-state index in [1.165, 1.54) is 15.8 Å². The Bertz CT molecular complexity index is 807. The summed E-state index contributed by atoms with van der Waals surface area (Å²) < 4.78 is 28.9. The Kier molecular flexibility index (Phi) is 3.41. The van der Waals surface area contributed by atoms with E-state index in [0.717, 1.165) is 12.5 Å². The molecular weight excluding hydrogens is 292 g/mol. The highest BCUT2D eigenvalue weighted by atomic mass is 32.1. The maximum Gasteiger partial charge on any atom is 0.201 e. The van der Waals surface area contributed by atoms with Gasteiger partial charge in [-0.25, -0.2) is 13.8 Å². The van der Waals surface area contributed by atoms with Crippen molar-refractivity contribution in [2.45, 2.75) is 26.3 Å². The largest absolute Gasteiger partial charge is 0.369 e. The number of halogens is 2. The Balaban J connectivity index is 2.04. The number of imidazole rings is 1. The van der Waals surface area contributed by atoms with E-state index in [9.17, 15) is 8.78 Å². The second kappa shape index (κ2) is 5.11. The van der Waals surface area contributed by atoms with Crippen LogP contribution in [0.15, 0.2) is 24.3 Å². The van der Waals surface area contributed by atoms with Crippen molar-refractivity contribution >= 4 is 28.3 Å². The third-order valence-corrected chi connectivity index (χ3v) is 4.50. The first-order valence-electron chi connectivity index (χ1n) is 6.63. The van der Waals surface area contributed by atoms with Crippen molar-refractivity contribution in [3.05, 3.63) is 45.7 Å². The Morgan fingerprint density at radius 1 is 1.33 bits per heavy atom. The third kappa shape index (κ3) is 2.51. The summed E-state index contributed by atoms with van der Waals surface area (Å²) in [6.45, 7) is 4.01. The molecule has 2 heterocycles. The molecule has 1 unspecified atom stereocenters. The maximum atomic E-state index is 13.8. The Labute approximate surface area is 125 Å². The minimum Gasteiger partial charge on any atom is -0.369 e. The number of thiophene rings is 1. The molecule has 0 aliphatic rings. The minimum absolute atomic E-state index is 0.0331. The van der Waals surface area contributed by atoms with E-state index < -0.39 is 11.6 Å². The molecule has 1 atom stereocenters. The lowest BCUT2D eigenvalue weighted by atomic mass is 10.2. The monoisotopic (exact) mass is 307 g/mol. The van der Waals surface area contributed by atoms with Crippen molar-refractivity contribution < 1.29 is 8.78 Å². The number of nitrogens with two attached hydrogens (primary N) is 1. The summed E-state index contributed by atoms with van der Waals surface area (Å²) >= 11 is 1.71. The molecule has 6 heteroatoms. The lowest BCUT2D eigenvalue weighted by Gasteiger charge is -2.15. The number of hydrogen-bond acceptors (Lipinski definition) is 3. The van der Waals surface area contributed by atoms with E-state index in [0.29, 0.717) is 5.52 Å². The molecular formula is C15H15F2N3S. The Morgan fingerprint density at radius 2 is 2.10 bits per heavy atom. The number of nitrogen functional groups attached to an aromatic ring is 1. The van der Waals surface area contributed by atoms with Crippen molar-refractivity contribution in [1.82, 2.24) is 9.55 Å². The fourth-order valence-electron chi connectivity index (χ4n) is 2.58. The molecule has 0 fully saturated rings. The summed E-state index contributed by atoms with van der Waals surface area (Å²) in [4.78, 5) is 6.46. The van der Waals surface area contributed by atoms with Crippen molar-refractivity contribution in [1.29, 1.82) is 0 Å². The van der Waals surface area contributed by atoms with Gasteiger partial charge >= 0.3 is 0 Å². The van der Waals surface area contributed by atoms with Crippen molar-refractivity contribution in [3.8, 4) is 0 Å². The zero-order chi connectivity index (χ0) is 15.1. The molecule has 2 N–H and O–H groups in total. The van der Waals surface area contributed by atoms with Crippen LogP contribution < -0.4 is 5.73 Å². The summed E-state index contributed by atoms with van der Waals surface area (Å²) in [5.74, 6) is -1.11. The van der Waals surface area contributed by atoms with Crippen LogP contribution in [0.1, 0.15) is 22.7 Å². The standard InChI is InChI=1S/C15H15F2N3S/c1-8(5-11-4-3-9(2)21-11)20-13-7-10(16)6-12(17)14(13)19-15(20)18/h3-4,6-8H,5H2,1-2H3,(H2,18,19). The Morgan fingerprint density at radius 3 is 2.76 bits per heavy atom.